The van der Waals surface area contributed by atoms with Gasteiger partial charge in [-0.3, -0.25) is 0 Å². The van der Waals surface area contributed by atoms with Crippen LogP contribution in [0.15, 0.2) is 0 Å². The molecule has 2 fully saturated rings. The van der Waals surface area contributed by atoms with E-state index in [2.05, 4.69) is 17.3 Å². The third-order valence-corrected chi connectivity index (χ3v) is 2.62. The summed E-state index contributed by atoms with van der Waals surface area (Å²) in [4.78, 5) is 2.35. The first-order valence-corrected chi connectivity index (χ1v) is 6.32. The van der Waals surface area contributed by atoms with Crippen LogP contribution in [0, 0.1) is 0 Å². The Morgan fingerprint density at radius 3 is 2.20 bits per heavy atom. The van der Waals surface area contributed by atoms with Gasteiger partial charge in [0.05, 0.1) is 6.61 Å². The zero-order valence-electron chi connectivity index (χ0n) is 11.1. The molecule has 1 spiro atoms. The molecule has 0 saturated carbocycles. The van der Waals surface area contributed by atoms with Gasteiger partial charge in [-0.1, -0.05) is 27.7 Å². The topological polar surface area (TPSA) is 24.5 Å². The summed E-state index contributed by atoms with van der Waals surface area (Å²) in [6.07, 6.45) is 1.18. The van der Waals surface area contributed by atoms with Crippen LogP contribution in [0.1, 0.15) is 34.1 Å². The standard InChI is InChI=1S/C8H16N2O.2C2H6/c1-10-6-8(7-10)2-4-11-5-3-9-8;2*1-2/h9H,2-7H2,1H3;2*1-2H3. The van der Waals surface area contributed by atoms with Crippen molar-refractivity contribution < 1.29 is 4.74 Å². The van der Waals surface area contributed by atoms with E-state index in [1.165, 1.54) is 19.5 Å². The molecule has 0 bridgehead atoms. The maximum absolute atomic E-state index is 5.38. The Labute approximate surface area is 95.2 Å². The molecule has 2 aliphatic rings. The van der Waals surface area contributed by atoms with Crippen LogP contribution in [0.5, 0.6) is 0 Å². The quantitative estimate of drug-likeness (QED) is 0.667. The van der Waals surface area contributed by atoms with Crippen LogP contribution in [-0.2, 0) is 4.74 Å². The highest BCUT2D eigenvalue weighted by molar-refractivity contribution is 5.01. The second-order valence-electron chi connectivity index (χ2n) is 3.74. The van der Waals surface area contributed by atoms with Crippen LogP contribution in [0.3, 0.4) is 0 Å². The third-order valence-electron chi connectivity index (χ3n) is 2.62. The Hall–Kier alpha value is -0.120. The molecule has 3 nitrogen and oxygen atoms in total. The van der Waals surface area contributed by atoms with Crippen molar-refractivity contribution in [3.63, 3.8) is 0 Å². The van der Waals surface area contributed by atoms with Gasteiger partial charge in [0.2, 0.25) is 0 Å². The van der Waals surface area contributed by atoms with E-state index in [0.29, 0.717) is 5.54 Å². The number of nitrogens with zero attached hydrogens (tertiary/aromatic N) is 1. The van der Waals surface area contributed by atoms with Gasteiger partial charge in [0.1, 0.15) is 0 Å². The van der Waals surface area contributed by atoms with E-state index >= 15 is 0 Å². The first-order valence-electron chi connectivity index (χ1n) is 6.32. The van der Waals surface area contributed by atoms with Crippen LogP contribution in [0.4, 0.5) is 0 Å². The summed E-state index contributed by atoms with van der Waals surface area (Å²) in [5.74, 6) is 0. The number of rotatable bonds is 0. The molecular weight excluding hydrogens is 188 g/mol. The van der Waals surface area contributed by atoms with Crippen molar-refractivity contribution in [2.75, 3.05) is 39.9 Å². The minimum Gasteiger partial charge on any atom is -0.380 e. The van der Waals surface area contributed by atoms with Crippen LogP contribution in [-0.4, -0.2) is 50.3 Å². The smallest absolute Gasteiger partial charge is 0.0591 e. The number of likely N-dealkylation sites (tertiary alicyclic amines) is 1. The number of hydrogen-bond acceptors (Lipinski definition) is 3. The molecule has 0 aromatic rings. The minimum atomic E-state index is 0.408. The molecule has 0 aromatic carbocycles. The fourth-order valence-corrected chi connectivity index (χ4v) is 2.10. The van der Waals surface area contributed by atoms with Gasteiger partial charge in [0.25, 0.3) is 0 Å². The van der Waals surface area contributed by atoms with Crippen LogP contribution in [0.25, 0.3) is 0 Å². The molecule has 3 heteroatoms. The summed E-state index contributed by atoms with van der Waals surface area (Å²) in [5, 5.41) is 3.56. The van der Waals surface area contributed by atoms with Crippen molar-refractivity contribution in [2.24, 2.45) is 0 Å². The van der Waals surface area contributed by atoms with Crippen LogP contribution in [0.2, 0.25) is 0 Å². The van der Waals surface area contributed by atoms with Gasteiger partial charge in [-0.25, -0.2) is 0 Å². The molecule has 15 heavy (non-hydrogen) atoms. The van der Waals surface area contributed by atoms with Crippen LogP contribution >= 0.6 is 0 Å². The molecule has 0 amide bonds. The Morgan fingerprint density at radius 1 is 1.07 bits per heavy atom. The summed E-state index contributed by atoms with van der Waals surface area (Å²) >= 11 is 0. The molecule has 0 atom stereocenters. The fraction of sp³-hybridized carbons (Fsp3) is 1.00. The summed E-state index contributed by atoms with van der Waals surface area (Å²) in [6, 6.07) is 0. The number of likely N-dealkylation sites (N-methyl/N-ethyl adjacent to an activating group) is 1. The SMILES string of the molecule is CC.CC.CN1CC2(CCOCCN2)C1. The van der Waals surface area contributed by atoms with Gasteiger partial charge in [0.15, 0.2) is 0 Å². The summed E-state index contributed by atoms with van der Waals surface area (Å²) in [7, 11) is 2.17. The molecule has 2 rings (SSSR count). The van der Waals surface area contributed by atoms with E-state index in [4.69, 9.17) is 4.74 Å². The lowest BCUT2D eigenvalue weighted by Crippen LogP contribution is -2.67. The maximum Gasteiger partial charge on any atom is 0.0591 e. The molecule has 0 aliphatic carbocycles. The van der Waals surface area contributed by atoms with E-state index in [0.717, 1.165) is 19.8 Å². The predicted molar refractivity (Wildman–Crippen MR) is 66.4 cm³/mol. The Kier molecular flexibility index (Phi) is 8.02. The zero-order chi connectivity index (χ0) is 11.7. The predicted octanol–water partition coefficient (Wildman–Crippen LogP) is 1.73. The number of hydrogen-bond donors (Lipinski definition) is 1. The van der Waals surface area contributed by atoms with Crippen LogP contribution < -0.4 is 5.32 Å². The van der Waals surface area contributed by atoms with Crippen molar-refractivity contribution >= 4 is 0 Å². The second kappa shape index (κ2) is 8.08. The lowest BCUT2D eigenvalue weighted by Gasteiger charge is -2.48. The normalized spacial score (nSPS) is 23.8. The molecule has 1 N–H and O–H groups in total. The Morgan fingerprint density at radius 2 is 1.67 bits per heavy atom. The van der Waals surface area contributed by atoms with Crippen molar-refractivity contribution in [3.8, 4) is 0 Å². The summed E-state index contributed by atoms with van der Waals surface area (Å²) in [5.41, 5.74) is 0.408. The fourth-order valence-electron chi connectivity index (χ4n) is 2.10. The molecule has 2 heterocycles. The minimum absolute atomic E-state index is 0.408. The average molecular weight is 216 g/mol. The third kappa shape index (κ3) is 4.49. The zero-order valence-corrected chi connectivity index (χ0v) is 11.1. The van der Waals surface area contributed by atoms with E-state index in [1.807, 2.05) is 27.7 Å². The largest absolute Gasteiger partial charge is 0.380 e. The molecule has 0 unspecified atom stereocenters. The Balaban J connectivity index is 0.000000442. The number of ether oxygens (including phenoxy) is 1. The second-order valence-corrected chi connectivity index (χ2v) is 3.74. The highest BCUT2D eigenvalue weighted by Crippen LogP contribution is 2.23. The van der Waals surface area contributed by atoms with Gasteiger partial charge < -0.3 is 15.0 Å². The molecule has 2 aliphatic heterocycles. The highest BCUT2D eigenvalue weighted by atomic mass is 16.5. The average Bonchev–Trinajstić information content (AvgIpc) is 2.49. The van der Waals surface area contributed by atoms with Gasteiger partial charge in [-0.2, -0.15) is 0 Å². The van der Waals surface area contributed by atoms with Crippen molar-refractivity contribution in [2.45, 2.75) is 39.7 Å². The summed E-state index contributed by atoms with van der Waals surface area (Å²) < 4.78 is 5.38. The van der Waals surface area contributed by atoms with Gasteiger partial charge in [0, 0.05) is 31.8 Å². The molecule has 0 aromatic heterocycles. The van der Waals surface area contributed by atoms with Crippen molar-refractivity contribution in [3.05, 3.63) is 0 Å². The van der Waals surface area contributed by atoms with E-state index in [-0.39, 0.29) is 0 Å². The van der Waals surface area contributed by atoms with E-state index in [1.54, 1.807) is 0 Å². The lowest BCUT2D eigenvalue weighted by molar-refractivity contribution is 0.0556. The molecular formula is C12H28N2O. The molecule has 2 saturated heterocycles. The van der Waals surface area contributed by atoms with Crippen molar-refractivity contribution in [1.82, 2.24) is 10.2 Å². The maximum atomic E-state index is 5.38. The Bertz CT molecular complexity index is 135. The highest BCUT2D eigenvalue weighted by Gasteiger charge is 2.40. The van der Waals surface area contributed by atoms with Gasteiger partial charge in [-0.15, -0.1) is 0 Å². The van der Waals surface area contributed by atoms with Gasteiger partial charge >= 0.3 is 0 Å². The molecule has 92 valence electrons. The van der Waals surface area contributed by atoms with E-state index in [9.17, 15) is 0 Å². The van der Waals surface area contributed by atoms with Crippen molar-refractivity contribution in [1.29, 1.82) is 0 Å². The first-order chi connectivity index (χ1) is 7.31. The summed E-state index contributed by atoms with van der Waals surface area (Å²) in [6.45, 7) is 13.2. The molecule has 0 radical (unpaired) electrons. The van der Waals surface area contributed by atoms with Gasteiger partial charge in [-0.05, 0) is 13.5 Å². The lowest BCUT2D eigenvalue weighted by atomic mass is 9.87. The number of nitrogens with one attached hydrogen (secondary N) is 1. The first kappa shape index (κ1) is 14.9. The monoisotopic (exact) mass is 216 g/mol. The van der Waals surface area contributed by atoms with E-state index < -0.39 is 0 Å².